The first-order valence-corrected chi connectivity index (χ1v) is 6.19. The van der Waals surface area contributed by atoms with E-state index in [1.807, 2.05) is 40.1 Å². The SMILES string of the molecule is Cc1ccc(CN(C)C)cc1NC(=O)C(C)CN.Cl.Cl. The summed E-state index contributed by atoms with van der Waals surface area (Å²) in [6, 6.07) is 6.13. The molecule has 116 valence electrons. The molecule has 1 aromatic rings. The van der Waals surface area contributed by atoms with Gasteiger partial charge in [-0.1, -0.05) is 19.1 Å². The number of rotatable bonds is 5. The van der Waals surface area contributed by atoms with E-state index in [4.69, 9.17) is 5.73 Å². The summed E-state index contributed by atoms with van der Waals surface area (Å²) in [5, 5.41) is 2.94. The van der Waals surface area contributed by atoms with Crippen LogP contribution in [0.15, 0.2) is 18.2 Å². The van der Waals surface area contributed by atoms with E-state index in [-0.39, 0.29) is 36.6 Å². The number of hydrogen-bond acceptors (Lipinski definition) is 3. The maximum Gasteiger partial charge on any atom is 0.228 e. The van der Waals surface area contributed by atoms with E-state index >= 15 is 0 Å². The lowest BCUT2D eigenvalue weighted by molar-refractivity contribution is -0.119. The number of carbonyl (C=O) groups excluding carboxylic acids is 1. The summed E-state index contributed by atoms with van der Waals surface area (Å²) < 4.78 is 0. The Kier molecular flexibility index (Phi) is 10.7. The minimum Gasteiger partial charge on any atom is -0.330 e. The summed E-state index contributed by atoms with van der Waals surface area (Å²) in [6.45, 7) is 5.04. The number of nitrogens with two attached hydrogens (primary N) is 1. The zero-order valence-corrected chi connectivity index (χ0v) is 14.1. The highest BCUT2D eigenvalue weighted by molar-refractivity contribution is 5.93. The summed E-state index contributed by atoms with van der Waals surface area (Å²) in [6.07, 6.45) is 0. The van der Waals surface area contributed by atoms with Gasteiger partial charge in [0.1, 0.15) is 0 Å². The van der Waals surface area contributed by atoms with Crippen molar-refractivity contribution in [1.29, 1.82) is 0 Å². The summed E-state index contributed by atoms with van der Waals surface area (Å²) in [5.41, 5.74) is 8.61. The van der Waals surface area contributed by atoms with Gasteiger partial charge in [0.2, 0.25) is 5.91 Å². The average Bonchev–Trinajstić information content (AvgIpc) is 2.31. The molecule has 0 aliphatic rings. The van der Waals surface area contributed by atoms with Crippen molar-refractivity contribution in [3.8, 4) is 0 Å². The lowest BCUT2D eigenvalue weighted by Crippen LogP contribution is -2.27. The third kappa shape index (κ3) is 6.57. The fourth-order valence-corrected chi connectivity index (χ4v) is 1.63. The van der Waals surface area contributed by atoms with Crippen molar-refractivity contribution < 1.29 is 4.79 Å². The molecule has 0 fully saturated rings. The predicted molar refractivity (Wildman–Crippen MR) is 89.9 cm³/mol. The molecule has 1 unspecified atom stereocenters. The molecule has 0 aliphatic heterocycles. The third-order valence-electron chi connectivity index (χ3n) is 2.86. The van der Waals surface area contributed by atoms with Gasteiger partial charge < -0.3 is 16.0 Å². The number of nitrogens with zero attached hydrogens (tertiary/aromatic N) is 1. The highest BCUT2D eigenvalue weighted by Gasteiger charge is 2.12. The zero-order chi connectivity index (χ0) is 13.7. The van der Waals surface area contributed by atoms with Crippen LogP contribution in [0.25, 0.3) is 0 Å². The van der Waals surface area contributed by atoms with Crippen LogP contribution < -0.4 is 11.1 Å². The Labute approximate surface area is 133 Å². The van der Waals surface area contributed by atoms with Crippen LogP contribution in [0.4, 0.5) is 5.69 Å². The van der Waals surface area contributed by atoms with Crippen LogP contribution in [0.5, 0.6) is 0 Å². The van der Waals surface area contributed by atoms with Crippen molar-refractivity contribution in [2.75, 3.05) is 26.0 Å². The van der Waals surface area contributed by atoms with E-state index in [0.717, 1.165) is 17.8 Å². The Morgan fingerprint density at radius 3 is 2.45 bits per heavy atom. The fourth-order valence-electron chi connectivity index (χ4n) is 1.63. The number of halogens is 2. The number of benzene rings is 1. The standard InChI is InChI=1S/C14H23N3O.2ClH/c1-10-5-6-12(9-17(3)4)7-13(10)16-14(18)11(2)8-15;;/h5-7,11H,8-9,15H2,1-4H3,(H,16,18);2*1H. The van der Waals surface area contributed by atoms with Crippen molar-refractivity contribution in [1.82, 2.24) is 4.90 Å². The molecule has 3 N–H and O–H groups in total. The smallest absolute Gasteiger partial charge is 0.228 e. The number of nitrogens with one attached hydrogen (secondary N) is 1. The number of amides is 1. The normalized spacial score (nSPS) is 11.3. The summed E-state index contributed by atoms with van der Waals surface area (Å²) in [4.78, 5) is 13.9. The van der Waals surface area contributed by atoms with Gasteiger partial charge in [0.15, 0.2) is 0 Å². The Balaban J connectivity index is 0. The van der Waals surface area contributed by atoms with Crippen LogP contribution in [0, 0.1) is 12.8 Å². The minimum atomic E-state index is -0.165. The Hall–Kier alpha value is -0.810. The van der Waals surface area contributed by atoms with Gasteiger partial charge in [-0.05, 0) is 38.2 Å². The van der Waals surface area contributed by atoms with Crippen LogP contribution in [0.3, 0.4) is 0 Å². The number of hydrogen-bond donors (Lipinski definition) is 2. The Bertz CT molecular complexity index is 425. The first-order chi connectivity index (χ1) is 8.43. The first-order valence-electron chi connectivity index (χ1n) is 6.19. The van der Waals surface area contributed by atoms with Crippen LogP contribution in [-0.4, -0.2) is 31.4 Å². The molecule has 0 aliphatic carbocycles. The molecule has 1 rings (SSSR count). The van der Waals surface area contributed by atoms with E-state index in [9.17, 15) is 4.79 Å². The maximum atomic E-state index is 11.8. The van der Waals surface area contributed by atoms with E-state index < -0.39 is 0 Å². The second-order valence-electron chi connectivity index (χ2n) is 5.01. The topological polar surface area (TPSA) is 58.4 Å². The summed E-state index contributed by atoms with van der Waals surface area (Å²) in [7, 11) is 4.04. The van der Waals surface area contributed by atoms with Gasteiger partial charge in [0.05, 0.1) is 0 Å². The molecule has 0 radical (unpaired) electrons. The Morgan fingerprint density at radius 1 is 1.35 bits per heavy atom. The fraction of sp³-hybridized carbons (Fsp3) is 0.500. The monoisotopic (exact) mass is 321 g/mol. The average molecular weight is 322 g/mol. The van der Waals surface area contributed by atoms with Gasteiger partial charge in [-0.2, -0.15) is 0 Å². The van der Waals surface area contributed by atoms with Gasteiger partial charge in [0, 0.05) is 24.7 Å². The molecule has 0 bridgehead atoms. The first kappa shape index (κ1) is 21.5. The van der Waals surface area contributed by atoms with Crippen molar-refractivity contribution in [2.45, 2.75) is 20.4 Å². The van der Waals surface area contributed by atoms with Gasteiger partial charge in [-0.15, -0.1) is 24.8 Å². The van der Waals surface area contributed by atoms with Gasteiger partial charge in [-0.3, -0.25) is 4.79 Å². The quantitative estimate of drug-likeness (QED) is 0.875. The molecule has 1 amide bonds. The third-order valence-corrected chi connectivity index (χ3v) is 2.86. The molecule has 0 saturated carbocycles. The van der Waals surface area contributed by atoms with E-state index in [2.05, 4.69) is 16.3 Å². The van der Waals surface area contributed by atoms with Crippen LogP contribution >= 0.6 is 24.8 Å². The molecule has 1 atom stereocenters. The second kappa shape index (κ2) is 10.00. The molecule has 0 spiro atoms. The summed E-state index contributed by atoms with van der Waals surface area (Å²) >= 11 is 0. The van der Waals surface area contributed by atoms with Gasteiger partial charge >= 0.3 is 0 Å². The van der Waals surface area contributed by atoms with E-state index in [0.29, 0.717) is 6.54 Å². The molecule has 0 saturated heterocycles. The number of carbonyl (C=O) groups is 1. The zero-order valence-electron chi connectivity index (χ0n) is 12.5. The second-order valence-corrected chi connectivity index (χ2v) is 5.01. The molecule has 20 heavy (non-hydrogen) atoms. The molecule has 0 aromatic heterocycles. The van der Waals surface area contributed by atoms with Gasteiger partial charge in [-0.25, -0.2) is 0 Å². The molecule has 4 nitrogen and oxygen atoms in total. The molecule has 1 aromatic carbocycles. The lowest BCUT2D eigenvalue weighted by atomic mass is 10.1. The van der Waals surface area contributed by atoms with Crippen molar-refractivity contribution in [2.24, 2.45) is 11.7 Å². The minimum absolute atomic E-state index is 0. The van der Waals surface area contributed by atoms with E-state index in [1.165, 1.54) is 5.56 Å². The van der Waals surface area contributed by atoms with Crippen molar-refractivity contribution in [3.05, 3.63) is 29.3 Å². The Morgan fingerprint density at radius 2 is 1.95 bits per heavy atom. The molecular formula is C14H25Cl2N3O. The highest BCUT2D eigenvalue weighted by atomic mass is 35.5. The molecule has 0 heterocycles. The van der Waals surface area contributed by atoms with Gasteiger partial charge in [0.25, 0.3) is 0 Å². The number of anilines is 1. The predicted octanol–water partition coefficient (Wildman–Crippen LogP) is 2.43. The number of aryl methyl sites for hydroxylation is 1. The summed E-state index contributed by atoms with van der Waals surface area (Å²) in [5.74, 6) is -0.190. The largest absolute Gasteiger partial charge is 0.330 e. The van der Waals surface area contributed by atoms with Crippen LogP contribution in [-0.2, 0) is 11.3 Å². The van der Waals surface area contributed by atoms with Crippen molar-refractivity contribution >= 4 is 36.4 Å². The molecule has 6 heteroatoms. The van der Waals surface area contributed by atoms with Crippen LogP contribution in [0.2, 0.25) is 0 Å². The lowest BCUT2D eigenvalue weighted by Gasteiger charge is -2.15. The van der Waals surface area contributed by atoms with Crippen molar-refractivity contribution in [3.63, 3.8) is 0 Å². The molecular weight excluding hydrogens is 297 g/mol. The van der Waals surface area contributed by atoms with E-state index in [1.54, 1.807) is 0 Å². The maximum absolute atomic E-state index is 11.8. The van der Waals surface area contributed by atoms with Crippen LogP contribution in [0.1, 0.15) is 18.1 Å². The highest BCUT2D eigenvalue weighted by Crippen LogP contribution is 2.18.